The Morgan fingerprint density at radius 2 is 2.47 bits per heavy atom. The lowest BCUT2D eigenvalue weighted by Crippen LogP contribution is -2.02. The average Bonchev–Trinajstić information content (AvgIpc) is 2.60. The number of hydrogen-bond donors (Lipinski definition) is 2. The molecular formula is C11H12N2O2. The summed E-state index contributed by atoms with van der Waals surface area (Å²) in [6, 6.07) is 0. The molecule has 4 nitrogen and oxygen atoms in total. The minimum atomic E-state index is -0.920. The molecule has 1 aromatic rings. The first kappa shape index (κ1) is 8.71. The molecule has 2 N–H and O–H groups in total. The number of allylic oxidation sites excluding steroid dienone is 2. The van der Waals surface area contributed by atoms with Gasteiger partial charge in [-0.1, -0.05) is 12.2 Å². The molecule has 0 amide bonds. The van der Waals surface area contributed by atoms with Gasteiger partial charge in [0.25, 0.3) is 0 Å². The fourth-order valence-corrected chi connectivity index (χ4v) is 2.83. The number of nitrogens with one attached hydrogen (secondary N) is 1. The summed E-state index contributed by atoms with van der Waals surface area (Å²) < 4.78 is 0. The molecule has 0 bridgehead atoms. The molecule has 15 heavy (non-hydrogen) atoms. The first-order valence-corrected chi connectivity index (χ1v) is 5.17. The number of aromatic nitrogens is 2. The number of H-pyrrole nitrogens is 1. The fraction of sp³-hybridized carbons (Fsp3) is 0.455. The van der Waals surface area contributed by atoms with Crippen LogP contribution in [0.15, 0.2) is 12.2 Å². The summed E-state index contributed by atoms with van der Waals surface area (Å²) in [7, 11) is 0. The quantitative estimate of drug-likeness (QED) is 0.718. The zero-order valence-electron chi connectivity index (χ0n) is 8.40. The third kappa shape index (κ3) is 1.02. The number of aromatic carboxylic acids is 1. The number of hydrogen-bond acceptors (Lipinski definition) is 2. The van der Waals surface area contributed by atoms with Gasteiger partial charge in [0, 0.05) is 17.2 Å². The van der Waals surface area contributed by atoms with Crippen molar-refractivity contribution in [1.29, 1.82) is 0 Å². The molecule has 3 rings (SSSR count). The van der Waals surface area contributed by atoms with Crippen molar-refractivity contribution < 1.29 is 9.90 Å². The average molecular weight is 204 g/mol. The molecular weight excluding hydrogens is 192 g/mol. The zero-order chi connectivity index (χ0) is 10.6. The second-order valence-electron chi connectivity index (χ2n) is 4.27. The molecule has 0 aromatic carbocycles. The van der Waals surface area contributed by atoms with Crippen LogP contribution in [0.4, 0.5) is 0 Å². The Hall–Kier alpha value is -1.58. The Balaban J connectivity index is 1.94. The van der Waals surface area contributed by atoms with E-state index in [1.807, 2.05) is 6.92 Å². The molecule has 3 atom stereocenters. The van der Waals surface area contributed by atoms with E-state index in [4.69, 9.17) is 5.11 Å². The predicted octanol–water partition coefficient (Wildman–Crippen LogP) is 1.57. The maximum Gasteiger partial charge on any atom is 0.356 e. The number of nitrogens with zero attached hydrogens (tertiary/aromatic N) is 1. The van der Waals surface area contributed by atoms with E-state index in [9.17, 15) is 4.79 Å². The molecule has 1 saturated carbocycles. The monoisotopic (exact) mass is 204 g/mol. The first-order chi connectivity index (χ1) is 7.24. The molecule has 1 heterocycles. The minimum absolute atomic E-state index is 0.219. The summed E-state index contributed by atoms with van der Waals surface area (Å²) in [6.45, 7) is 2.02. The largest absolute Gasteiger partial charge is 0.476 e. The molecule has 1 fully saturated rings. The summed E-state index contributed by atoms with van der Waals surface area (Å²) in [5.74, 6) is 0.793. The topological polar surface area (TPSA) is 66.0 Å². The molecule has 4 heteroatoms. The fourth-order valence-electron chi connectivity index (χ4n) is 2.83. The number of carbonyl (C=O) groups is 1. The number of rotatable bonds is 2. The van der Waals surface area contributed by atoms with Crippen molar-refractivity contribution in [3.8, 4) is 0 Å². The van der Waals surface area contributed by atoms with Crippen molar-refractivity contribution >= 4 is 5.97 Å². The Morgan fingerprint density at radius 3 is 3.13 bits per heavy atom. The van der Waals surface area contributed by atoms with Gasteiger partial charge < -0.3 is 5.11 Å². The van der Waals surface area contributed by atoms with Gasteiger partial charge in [0.05, 0.1) is 0 Å². The Labute approximate surface area is 87.0 Å². The van der Waals surface area contributed by atoms with Gasteiger partial charge in [0.15, 0.2) is 5.69 Å². The maximum absolute atomic E-state index is 10.9. The van der Waals surface area contributed by atoms with Crippen LogP contribution in [-0.2, 0) is 6.42 Å². The molecule has 0 aliphatic heterocycles. The highest BCUT2D eigenvalue weighted by Crippen LogP contribution is 2.61. The highest BCUT2D eigenvalue weighted by atomic mass is 16.4. The van der Waals surface area contributed by atoms with Crippen molar-refractivity contribution in [1.82, 2.24) is 10.2 Å². The standard InChI is InChI=1S/C11H12N2O2/c1-2-3-5-6-4-7-9(8(5)6)12-13-10(7)11(14)15/h2-3,5-6,8H,4H2,1H3,(H,12,13)(H,14,15)/b3-2+/t5-,6+,8-/m1/s1. The smallest absolute Gasteiger partial charge is 0.356 e. The second kappa shape index (κ2) is 2.72. The Kier molecular flexibility index (Phi) is 1.58. The lowest BCUT2D eigenvalue weighted by molar-refractivity contribution is 0.0689. The molecule has 0 spiro atoms. The van der Waals surface area contributed by atoms with Gasteiger partial charge in [0.1, 0.15) is 0 Å². The van der Waals surface area contributed by atoms with Crippen LogP contribution in [0, 0.1) is 11.8 Å². The number of aromatic amines is 1. The summed E-state index contributed by atoms with van der Waals surface area (Å²) >= 11 is 0. The molecule has 0 unspecified atom stereocenters. The van der Waals surface area contributed by atoms with E-state index in [0.717, 1.165) is 17.7 Å². The van der Waals surface area contributed by atoms with E-state index in [1.54, 1.807) is 0 Å². The normalized spacial score (nSPS) is 31.7. The Morgan fingerprint density at radius 1 is 1.67 bits per heavy atom. The molecule has 2 aliphatic rings. The molecule has 0 saturated heterocycles. The van der Waals surface area contributed by atoms with Crippen molar-refractivity contribution in [3.05, 3.63) is 29.1 Å². The van der Waals surface area contributed by atoms with Crippen LogP contribution < -0.4 is 0 Å². The van der Waals surface area contributed by atoms with Crippen LogP contribution in [0.25, 0.3) is 0 Å². The van der Waals surface area contributed by atoms with Crippen LogP contribution in [0.3, 0.4) is 0 Å². The van der Waals surface area contributed by atoms with Crippen molar-refractivity contribution in [3.63, 3.8) is 0 Å². The summed E-state index contributed by atoms with van der Waals surface area (Å²) in [4.78, 5) is 10.9. The van der Waals surface area contributed by atoms with Crippen molar-refractivity contribution in [2.24, 2.45) is 11.8 Å². The molecule has 78 valence electrons. The third-order valence-electron chi connectivity index (χ3n) is 3.52. The van der Waals surface area contributed by atoms with Gasteiger partial charge in [-0.25, -0.2) is 4.79 Å². The van der Waals surface area contributed by atoms with E-state index >= 15 is 0 Å². The number of fused-ring (bicyclic) bond motifs is 3. The number of carboxylic acids is 1. The van der Waals surface area contributed by atoms with Crippen molar-refractivity contribution in [2.45, 2.75) is 19.3 Å². The van der Waals surface area contributed by atoms with E-state index in [-0.39, 0.29) is 5.69 Å². The maximum atomic E-state index is 10.9. The SMILES string of the molecule is C/C=C/[C@@H]1[C@@H]2Cc3c(C(=O)O)n[nH]c3[C@H]12. The summed E-state index contributed by atoms with van der Waals surface area (Å²) in [5, 5.41) is 15.7. The van der Waals surface area contributed by atoms with Gasteiger partial charge >= 0.3 is 5.97 Å². The van der Waals surface area contributed by atoms with Gasteiger partial charge in [-0.05, 0) is 25.2 Å². The summed E-state index contributed by atoms with van der Waals surface area (Å²) in [6.07, 6.45) is 5.14. The lowest BCUT2D eigenvalue weighted by atomic mass is 10.1. The van der Waals surface area contributed by atoms with E-state index in [0.29, 0.717) is 17.8 Å². The first-order valence-electron chi connectivity index (χ1n) is 5.17. The van der Waals surface area contributed by atoms with E-state index in [2.05, 4.69) is 22.3 Å². The van der Waals surface area contributed by atoms with Crippen molar-refractivity contribution in [2.75, 3.05) is 0 Å². The van der Waals surface area contributed by atoms with E-state index in [1.165, 1.54) is 0 Å². The van der Waals surface area contributed by atoms with Gasteiger partial charge in [0.2, 0.25) is 0 Å². The Bertz CT molecular complexity index is 461. The molecule has 0 radical (unpaired) electrons. The van der Waals surface area contributed by atoms with Crippen LogP contribution >= 0.6 is 0 Å². The van der Waals surface area contributed by atoms with Gasteiger partial charge in [-0.3, -0.25) is 5.10 Å². The third-order valence-corrected chi connectivity index (χ3v) is 3.52. The van der Waals surface area contributed by atoms with Crippen LogP contribution in [-0.4, -0.2) is 21.3 Å². The van der Waals surface area contributed by atoms with Crippen LogP contribution in [0.1, 0.15) is 34.6 Å². The number of carboxylic acid groups (broad SMARTS) is 1. The summed E-state index contributed by atoms with van der Waals surface area (Å²) in [5.41, 5.74) is 2.20. The predicted molar refractivity (Wildman–Crippen MR) is 53.8 cm³/mol. The highest BCUT2D eigenvalue weighted by molar-refractivity contribution is 5.88. The van der Waals surface area contributed by atoms with Crippen LogP contribution in [0.2, 0.25) is 0 Å². The lowest BCUT2D eigenvalue weighted by Gasteiger charge is -1.98. The molecule has 2 aliphatic carbocycles. The van der Waals surface area contributed by atoms with Crippen LogP contribution in [0.5, 0.6) is 0 Å². The highest BCUT2D eigenvalue weighted by Gasteiger charge is 2.56. The zero-order valence-corrected chi connectivity index (χ0v) is 8.40. The second-order valence-corrected chi connectivity index (χ2v) is 4.27. The van der Waals surface area contributed by atoms with E-state index < -0.39 is 5.97 Å². The minimum Gasteiger partial charge on any atom is -0.476 e. The molecule has 1 aromatic heterocycles. The van der Waals surface area contributed by atoms with Gasteiger partial charge in [-0.15, -0.1) is 0 Å². The van der Waals surface area contributed by atoms with Gasteiger partial charge in [-0.2, -0.15) is 5.10 Å².